The Labute approximate surface area is 115 Å². The third-order valence-electron chi connectivity index (χ3n) is 3.64. The van der Waals surface area contributed by atoms with Crippen LogP contribution in [0.5, 0.6) is 0 Å². The highest BCUT2D eigenvalue weighted by molar-refractivity contribution is 9.10. The lowest BCUT2D eigenvalue weighted by Gasteiger charge is -2.32. The number of aliphatic carboxylic acids is 1. The molecule has 1 aromatic heterocycles. The molecule has 0 aliphatic carbocycles. The number of carbonyl (C=O) groups is 1. The van der Waals surface area contributed by atoms with Gasteiger partial charge in [-0.1, -0.05) is 0 Å². The van der Waals surface area contributed by atoms with Crippen LogP contribution in [-0.2, 0) is 4.79 Å². The molecule has 1 aliphatic heterocycles. The third-order valence-corrected chi connectivity index (χ3v) is 4.05. The van der Waals surface area contributed by atoms with Crippen molar-refractivity contribution in [2.45, 2.75) is 25.2 Å². The van der Waals surface area contributed by atoms with E-state index in [0.717, 1.165) is 36.4 Å². The number of rotatable bonds is 4. The summed E-state index contributed by atoms with van der Waals surface area (Å²) in [6.45, 7) is 2.06. The number of hydrogen-bond acceptors (Lipinski definition) is 3. The number of carboxylic acid groups (broad SMARTS) is 1. The number of aromatic amines is 1. The Morgan fingerprint density at radius 1 is 1.67 bits per heavy atom. The fourth-order valence-electron chi connectivity index (χ4n) is 2.61. The normalized spacial score (nSPS) is 19.9. The number of hydrogen-bond donors (Lipinski definition) is 2. The molecule has 18 heavy (non-hydrogen) atoms. The Morgan fingerprint density at radius 3 is 2.83 bits per heavy atom. The number of likely N-dealkylation sites (tertiary alicyclic amines) is 1. The number of piperidine rings is 1. The summed E-state index contributed by atoms with van der Waals surface area (Å²) in [5.41, 5.74) is 0. The van der Waals surface area contributed by atoms with Crippen LogP contribution in [-0.4, -0.2) is 46.1 Å². The summed E-state index contributed by atoms with van der Waals surface area (Å²) in [4.78, 5) is 20.7. The first-order chi connectivity index (χ1) is 8.56. The maximum atomic E-state index is 11.0. The molecule has 1 aliphatic rings. The molecule has 0 radical (unpaired) electrons. The van der Waals surface area contributed by atoms with E-state index in [2.05, 4.69) is 37.8 Å². The van der Waals surface area contributed by atoms with Gasteiger partial charge in [0.25, 0.3) is 0 Å². The summed E-state index contributed by atoms with van der Waals surface area (Å²) in [6, 6.07) is 0. The van der Waals surface area contributed by atoms with Gasteiger partial charge in [0.15, 0.2) is 0 Å². The van der Waals surface area contributed by atoms with Gasteiger partial charge in [-0.25, -0.2) is 4.98 Å². The molecule has 100 valence electrons. The quantitative estimate of drug-likeness (QED) is 0.892. The molecular formula is C12H18BrN3O2. The second-order valence-corrected chi connectivity index (χ2v) is 5.82. The first-order valence-corrected chi connectivity index (χ1v) is 6.96. The van der Waals surface area contributed by atoms with Crippen molar-refractivity contribution in [3.63, 3.8) is 0 Å². The van der Waals surface area contributed by atoms with Gasteiger partial charge in [0.05, 0.1) is 12.6 Å². The van der Waals surface area contributed by atoms with Crippen molar-refractivity contribution in [2.24, 2.45) is 5.92 Å². The zero-order chi connectivity index (χ0) is 13.1. The van der Waals surface area contributed by atoms with Gasteiger partial charge in [0, 0.05) is 5.92 Å². The van der Waals surface area contributed by atoms with Crippen LogP contribution in [0.3, 0.4) is 0 Å². The van der Waals surface area contributed by atoms with Crippen molar-refractivity contribution in [1.29, 1.82) is 0 Å². The minimum atomic E-state index is -0.758. The first-order valence-electron chi connectivity index (χ1n) is 6.17. The lowest BCUT2D eigenvalue weighted by Crippen LogP contribution is -2.33. The number of nitrogens with zero attached hydrogens (tertiary/aromatic N) is 2. The fraction of sp³-hybridized carbons (Fsp3) is 0.667. The molecule has 0 amide bonds. The molecule has 6 heteroatoms. The van der Waals surface area contributed by atoms with Crippen LogP contribution in [0.2, 0.25) is 0 Å². The van der Waals surface area contributed by atoms with Crippen LogP contribution in [0, 0.1) is 5.92 Å². The van der Waals surface area contributed by atoms with Gasteiger partial charge in [0.1, 0.15) is 10.4 Å². The molecule has 0 bridgehead atoms. The molecule has 1 saturated heterocycles. The fourth-order valence-corrected chi connectivity index (χ4v) is 2.91. The second-order valence-electron chi connectivity index (χ2n) is 4.96. The van der Waals surface area contributed by atoms with Crippen molar-refractivity contribution in [3.05, 3.63) is 16.6 Å². The molecule has 1 aromatic rings. The summed E-state index contributed by atoms with van der Waals surface area (Å²) < 4.78 is 0.806. The Bertz CT molecular complexity index is 413. The number of H-pyrrole nitrogens is 1. The maximum Gasteiger partial charge on any atom is 0.304 e. The zero-order valence-corrected chi connectivity index (χ0v) is 12.0. The molecule has 1 fully saturated rings. The van der Waals surface area contributed by atoms with E-state index in [9.17, 15) is 4.79 Å². The number of nitrogens with one attached hydrogen (secondary N) is 1. The monoisotopic (exact) mass is 315 g/mol. The highest BCUT2D eigenvalue weighted by atomic mass is 79.9. The van der Waals surface area contributed by atoms with E-state index in [1.165, 1.54) is 0 Å². The van der Waals surface area contributed by atoms with E-state index in [0.29, 0.717) is 5.92 Å². The Morgan fingerprint density at radius 2 is 2.33 bits per heavy atom. The second kappa shape index (κ2) is 5.84. The number of imidazole rings is 1. The molecule has 2 heterocycles. The van der Waals surface area contributed by atoms with Gasteiger partial charge in [-0.15, -0.1) is 0 Å². The Balaban J connectivity index is 2.12. The van der Waals surface area contributed by atoms with Gasteiger partial charge in [-0.2, -0.15) is 0 Å². The van der Waals surface area contributed by atoms with Crippen molar-refractivity contribution in [2.75, 3.05) is 20.1 Å². The van der Waals surface area contributed by atoms with Gasteiger partial charge >= 0.3 is 5.97 Å². The van der Waals surface area contributed by atoms with Gasteiger partial charge in [-0.05, 0) is 54.8 Å². The van der Waals surface area contributed by atoms with Crippen LogP contribution < -0.4 is 0 Å². The highest BCUT2D eigenvalue weighted by Gasteiger charge is 2.30. The van der Waals surface area contributed by atoms with Crippen molar-refractivity contribution in [3.8, 4) is 0 Å². The largest absolute Gasteiger partial charge is 0.481 e. The molecular weight excluding hydrogens is 298 g/mol. The van der Waals surface area contributed by atoms with E-state index in [1.54, 1.807) is 6.20 Å². The van der Waals surface area contributed by atoms with Gasteiger partial charge in [0.2, 0.25) is 0 Å². The zero-order valence-electron chi connectivity index (χ0n) is 10.4. The molecule has 5 nitrogen and oxygen atoms in total. The smallest absolute Gasteiger partial charge is 0.304 e. The van der Waals surface area contributed by atoms with E-state index in [-0.39, 0.29) is 12.3 Å². The predicted octanol–water partition coefficient (Wildman–Crippen LogP) is 2.07. The van der Waals surface area contributed by atoms with Crippen LogP contribution in [0.1, 0.15) is 31.0 Å². The van der Waals surface area contributed by atoms with Crippen molar-refractivity contribution < 1.29 is 9.90 Å². The van der Waals surface area contributed by atoms with Crippen molar-refractivity contribution in [1.82, 2.24) is 14.9 Å². The van der Waals surface area contributed by atoms with Crippen LogP contribution >= 0.6 is 15.9 Å². The number of carboxylic acids is 1. The van der Waals surface area contributed by atoms with E-state index >= 15 is 0 Å². The average molecular weight is 316 g/mol. The molecule has 2 N–H and O–H groups in total. The number of halogens is 1. The van der Waals surface area contributed by atoms with Gasteiger partial charge < -0.3 is 15.0 Å². The predicted molar refractivity (Wildman–Crippen MR) is 71.5 cm³/mol. The Kier molecular flexibility index (Phi) is 4.40. The lowest BCUT2D eigenvalue weighted by atomic mass is 9.82. The van der Waals surface area contributed by atoms with Crippen LogP contribution in [0.15, 0.2) is 10.8 Å². The molecule has 1 unspecified atom stereocenters. The van der Waals surface area contributed by atoms with E-state index < -0.39 is 5.97 Å². The molecule has 0 spiro atoms. The summed E-state index contributed by atoms with van der Waals surface area (Å²) in [6.07, 6.45) is 3.91. The topological polar surface area (TPSA) is 69.2 Å². The van der Waals surface area contributed by atoms with Crippen molar-refractivity contribution >= 4 is 21.9 Å². The molecule has 0 saturated carbocycles. The minimum absolute atomic E-state index is 0.0116. The van der Waals surface area contributed by atoms with Crippen LogP contribution in [0.4, 0.5) is 0 Å². The third kappa shape index (κ3) is 3.32. The first kappa shape index (κ1) is 13.5. The van der Waals surface area contributed by atoms with Gasteiger partial charge in [-0.3, -0.25) is 4.79 Å². The summed E-state index contributed by atoms with van der Waals surface area (Å²) in [5.74, 6) is 0.420. The lowest BCUT2D eigenvalue weighted by molar-refractivity contribution is -0.137. The number of aromatic nitrogens is 2. The molecule has 0 aromatic carbocycles. The molecule has 2 rings (SSSR count). The summed E-state index contributed by atoms with van der Waals surface area (Å²) in [5, 5.41) is 9.07. The molecule has 1 atom stereocenters. The Hall–Kier alpha value is -0.880. The maximum absolute atomic E-state index is 11.0. The standard InChI is InChI=1S/C12H18BrN3O2/c1-16-4-2-8(3-5-16)9(6-11(17)18)12-14-7-10(13)15-12/h7-9H,2-6H2,1H3,(H,14,15)(H,17,18). The summed E-state index contributed by atoms with van der Waals surface area (Å²) in [7, 11) is 2.10. The van der Waals surface area contributed by atoms with E-state index in [4.69, 9.17) is 5.11 Å². The highest BCUT2D eigenvalue weighted by Crippen LogP contribution is 2.34. The average Bonchev–Trinajstić information content (AvgIpc) is 2.74. The van der Waals surface area contributed by atoms with E-state index in [1.807, 2.05) is 0 Å². The summed E-state index contributed by atoms with van der Waals surface area (Å²) >= 11 is 3.33. The van der Waals surface area contributed by atoms with Crippen LogP contribution in [0.25, 0.3) is 0 Å². The minimum Gasteiger partial charge on any atom is -0.481 e. The SMILES string of the molecule is CN1CCC(C(CC(=O)O)c2ncc(Br)[nH]2)CC1.